The fraction of sp³-hybridized carbons (Fsp3) is 0.429. The largest absolute Gasteiger partial charge is 0.494 e. The summed E-state index contributed by atoms with van der Waals surface area (Å²) >= 11 is 6.69. The van der Waals surface area contributed by atoms with Crippen LogP contribution >= 0.6 is 18.7 Å². The van der Waals surface area contributed by atoms with Crippen LogP contribution in [0.3, 0.4) is 0 Å². The lowest BCUT2D eigenvalue weighted by Crippen LogP contribution is -2.53. The van der Waals surface area contributed by atoms with Gasteiger partial charge in [0, 0.05) is 105 Å². The Morgan fingerprint density at radius 3 is 2.43 bits per heavy atom. The number of hydrogen-bond donors (Lipinski definition) is 4. The molecule has 0 saturated carbocycles. The van der Waals surface area contributed by atoms with E-state index in [0.717, 1.165) is 81.0 Å². The molecule has 0 radical (unpaired) electrons. The maximum absolute atomic E-state index is 13.6. The van der Waals surface area contributed by atoms with E-state index in [4.69, 9.17) is 21.3 Å². The fourth-order valence-electron chi connectivity index (χ4n) is 10.7. The summed E-state index contributed by atoms with van der Waals surface area (Å²) in [6.07, 6.45) is 18.1. The number of aromatic nitrogens is 7. The Morgan fingerprint density at radius 1 is 0.870 bits per heavy atom. The number of halogens is 1. The number of amides is 2. The molecule has 4 aromatic heterocycles. The number of benzene rings is 2. The van der Waals surface area contributed by atoms with Crippen molar-refractivity contribution in [2.45, 2.75) is 63.5 Å². The summed E-state index contributed by atoms with van der Waals surface area (Å²) < 4.78 is 21.5. The van der Waals surface area contributed by atoms with Crippen LogP contribution in [0.2, 0.25) is 5.02 Å². The number of carbonyl (C=O) groups is 2. The van der Waals surface area contributed by atoms with Crippen molar-refractivity contribution in [2.75, 3.05) is 85.5 Å². The highest BCUT2D eigenvalue weighted by atomic mass is 35.5. The molecule has 4 aliphatic rings. The van der Waals surface area contributed by atoms with Gasteiger partial charge in [-0.05, 0) is 101 Å². The molecule has 2 amide bonds. The van der Waals surface area contributed by atoms with Crippen LogP contribution in [-0.2, 0) is 21.2 Å². The lowest BCUT2D eigenvalue weighted by atomic mass is 9.72. The lowest BCUT2D eigenvalue weighted by molar-refractivity contribution is -0.133. The van der Waals surface area contributed by atoms with Crippen LogP contribution in [0.5, 0.6) is 5.75 Å². The maximum atomic E-state index is 13.6. The minimum atomic E-state index is -2.83. The summed E-state index contributed by atoms with van der Waals surface area (Å²) in [6.45, 7) is 9.41. The van der Waals surface area contributed by atoms with Gasteiger partial charge in [0.05, 0.1) is 41.7 Å². The highest BCUT2D eigenvalue weighted by molar-refractivity contribution is 7.71. The smallest absolute Gasteiger partial charge is 0.249 e. The van der Waals surface area contributed by atoms with Gasteiger partial charge in [-0.15, -0.1) is 0 Å². The van der Waals surface area contributed by atoms with E-state index in [9.17, 15) is 14.2 Å². The second-order valence-corrected chi connectivity index (χ2v) is 22.7. The van der Waals surface area contributed by atoms with Gasteiger partial charge in [0.15, 0.2) is 5.82 Å². The van der Waals surface area contributed by atoms with E-state index in [-0.39, 0.29) is 17.2 Å². The number of pyridine rings is 1. The topological polar surface area (TPSA) is 201 Å². The second kappa shape index (κ2) is 19.2. The zero-order valence-corrected chi connectivity index (χ0v) is 41.1. The fourth-order valence-corrected chi connectivity index (χ4v) is 12.2. The highest BCUT2D eigenvalue weighted by Gasteiger charge is 2.41. The second-order valence-electron chi connectivity index (χ2n) is 19.2. The third-order valence-corrected chi connectivity index (χ3v) is 16.0. The Kier molecular flexibility index (Phi) is 12.9. The minimum absolute atomic E-state index is 0.224. The normalized spacial score (nSPS) is 19.2. The average Bonchev–Trinajstić information content (AvgIpc) is 3.79. The summed E-state index contributed by atoms with van der Waals surface area (Å²) in [5, 5.41) is 17.8. The molecule has 18 nitrogen and oxygen atoms in total. The summed E-state index contributed by atoms with van der Waals surface area (Å²) in [5.41, 5.74) is 6.91. The molecule has 2 aromatic carbocycles. The predicted octanol–water partition coefficient (Wildman–Crippen LogP) is 7.18. The van der Waals surface area contributed by atoms with Gasteiger partial charge >= 0.3 is 0 Å². The number of fused-ring (bicyclic) bond motifs is 1. The first-order valence-electron chi connectivity index (χ1n) is 23.7. The van der Waals surface area contributed by atoms with Gasteiger partial charge in [-0.2, -0.15) is 10.1 Å². The first-order chi connectivity index (χ1) is 33.3. The van der Waals surface area contributed by atoms with Crippen molar-refractivity contribution in [1.29, 1.82) is 0 Å². The number of rotatable bonds is 12. The SMILES string of the molecule is COc1cc(N2CCC(N3CCC4(CCCN(c5ccnc(NC6CCC(=O)NC6=O)c5)C4)CC3)CC2)c(-c2cnn(C)c2)cc1Nc1ncc(Cl)c(Nc2ccc3nccnc3c2P(C)(C)=O)n1. The van der Waals surface area contributed by atoms with Crippen molar-refractivity contribution >= 4 is 87.2 Å². The van der Waals surface area contributed by atoms with Crippen molar-refractivity contribution in [2.24, 2.45) is 12.5 Å². The Hall–Kier alpha value is -6.36. The molecule has 8 heterocycles. The number of nitrogens with zero attached hydrogens (tertiary/aromatic N) is 10. The van der Waals surface area contributed by atoms with Gasteiger partial charge in [0.1, 0.15) is 35.3 Å². The number of ether oxygens (including phenoxy) is 1. The van der Waals surface area contributed by atoms with Crippen LogP contribution in [0.25, 0.3) is 22.2 Å². The number of methoxy groups -OCH3 is 1. The molecular weight excluding hydrogens is 915 g/mol. The van der Waals surface area contributed by atoms with E-state index in [1.807, 2.05) is 48.5 Å². The zero-order chi connectivity index (χ0) is 47.9. The zero-order valence-electron chi connectivity index (χ0n) is 39.4. The van der Waals surface area contributed by atoms with E-state index in [1.165, 1.54) is 25.5 Å². The molecular formula is C49H58ClN14O4P. The molecule has 20 heteroatoms. The maximum Gasteiger partial charge on any atom is 0.249 e. The number of likely N-dealkylation sites (tertiary alicyclic amines) is 1. The quantitative estimate of drug-likeness (QED) is 0.0709. The molecule has 6 aromatic rings. The molecule has 1 unspecified atom stereocenters. The van der Waals surface area contributed by atoms with Crippen LogP contribution in [0, 0.1) is 5.41 Å². The van der Waals surface area contributed by atoms with Gasteiger partial charge in [-0.1, -0.05) is 11.6 Å². The first kappa shape index (κ1) is 46.4. The number of anilines is 7. The van der Waals surface area contributed by atoms with Gasteiger partial charge in [0.25, 0.3) is 0 Å². The third-order valence-electron chi connectivity index (χ3n) is 14.2. The summed E-state index contributed by atoms with van der Waals surface area (Å²) in [7, 11) is 0.754. The van der Waals surface area contributed by atoms with Gasteiger partial charge in [-0.3, -0.25) is 29.6 Å². The molecule has 10 rings (SSSR count). The molecule has 360 valence electrons. The predicted molar refractivity (Wildman–Crippen MR) is 271 cm³/mol. The number of aryl methyl sites for hydroxylation is 1. The van der Waals surface area contributed by atoms with E-state index in [2.05, 4.69) is 79.2 Å². The number of carbonyl (C=O) groups excluding carboxylic acids is 2. The highest BCUT2D eigenvalue weighted by Crippen LogP contribution is 2.45. The van der Waals surface area contributed by atoms with Crippen LogP contribution in [0.1, 0.15) is 51.4 Å². The van der Waals surface area contributed by atoms with E-state index < -0.39 is 13.2 Å². The molecule has 1 atom stereocenters. The van der Waals surface area contributed by atoms with E-state index >= 15 is 0 Å². The van der Waals surface area contributed by atoms with Crippen molar-refractivity contribution in [3.05, 3.63) is 78.6 Å². The van der Waals surface area contributed by atoms with E-state index in [1.54, 1.807) is 32.8 Å². The molecule has 0 bridgehead atoms. The molecule has 1 spiro atoms. The Balaban J connectivity index is 0.810. The summed E-state index contributed by atoms with van der Waals surface area (Å²) in [6, 6.07) is 12.0. The molecule has 4 fully saturated rings. The minimum Gasteiger partial charge on any atom is -0.494 e. The van der Waals surface area contributed by atoms with Crippen molar-refractivity contribution in [1.82, 2.24) is 44.9 Å². The Bertz CT molecular complexity index is 2950. The van der Waals surface area contributed by atoms with Gasteiger partial charge < -0.3 is 40.0 Å². The molecule has 69 heavy (non-hydrogen) atoms. The Labute approximate surface area is 406 Å². The first-order valence-corrected chi connectivity index (χ1v) is 26.7. The molecule has 4 N–H and O–H groups in total. The number of piperidine rings is 4. The van der Waals surface area contributed by atoms with Crippen LogP contribution in [0.4, 0.5) is 40.3 Å². The monoisotopic (exact) mass is 972 g/mol. The standard InChI is InChI=1S/C49H58ClN14O4P/c1-61-29-31(27-55-61)34-25-39(58-48-54-28-35(50)46(60-48)57-37-7-6-36-44(53-18-17-51-36)45(37)69(3,4)67)41(68-2)26-40(34)63-20-11-32(12-21-63)62-22-14-49(15-23-62)13-5-19-64(30-49)33-10-16-52-42(24-33)56-38-8-9-43(65)59-47(38)66/h6-7,10,16-18,24-29,32,38H,5,8-9,11-15,19-23,30H2,1-4H3,(H,52,56)(H,59,65,66)(H2,54,57,58,60). The third kappa shape index (κ3) is 9.92. The van der Waals surface area contributed by atoms with Gasteiger partial charge in [0.2, 0.25) is 17.8 Å². The van der Waals surface area contributed by atoms with Crippen molar-refractivity contribution in [3.63, 3.8) is 0 Å². The Morgan fingerprint density at radius 2 is 1.68 bits per heavy atom. The lowest BCUT2D eigenvalue weighted by Gasteiger charge is -2.50. The van der Waals surface area contributed by atoms with Gasteiger partial charge in [-0.25, -0.2) is 9.97 Å². The summed E-state index contributed by atoms with van der Waals surface area (Å²) in [4.78, 5) is 54.5. The molecule has 4 saturated heterocycles. The van der Waals surface area contributed by atoms with Crippen LogP contribution in [-0.4, -0.2) is 123 Å². The molecule has 4 aliphatic heterocycles. The molecule has 0 aliphatic carbocycles. The summed E-state index contributed by atoms with van der Waals surface area (Å²) in [5.74, 6) is 1.41. The number of hydrogen-bond acceptors (Lipinski definition) is 16. The average molecular weight is 974 g/mol. The number of imide groups is 1. The van der Waals surface area contributed by atoms with Crippen molar-refractivity contribution < 1.29 is 18.9 Å². The van der Waals surface area contributed by atoms with Crippen molar-refractivity contribution in [3.8, 4) is 16.9 Å². The van der Waals surface area contributed by atoms with Crippen LogP contribution < -0.4 is 41.1 Å². The number of nitrogens with one attached hydrogen (secondary N) is 4. The van der Waals surface area contributed by atoms with E-state index in [0.29, 0.717) is 75.0 Å². The van der Waals surface area contributed by atoms with Crippen LogP contribution in [0.15, 0.2) is 73.6 Å².